The first-order valence-electron chi connectivity index (χ1n) is 9.91. The second-order valence-electron chi connectivity index (χ2n) is 7.48. The van der Waals surface area contributed by atoms with Gasteiger partial charge in [0, 0.05) is 43.8 Å². The average molecular weight is 444 g/mol. The van der Waals surface area contributed by atoms with E-state index in [9.17, 15) is 4.79 Å². The summed E-state index contributed by atoms with van der Waals surface area (Å²) in [6, 6.07) is 10.8. The molecule has 0 spiro atoms. The zero-order chi connectivity index (χ0) is 21.1. The molecule has 2 atom stereocenters. The minimum Gasteiger partial charge on any atom is -0.355 e. The van der Waals surface area contributed by atoms with Crippen LogP contribution >= 0.6 is 23.2 Å². The van der Waals surface area contributed by atoms with Gasteiger partial charge < -0.3 is 14.8 Å². The van der Waals surface area contributed by atoms with Crippen molar-refractivity contribution in [2.24, 2.45) is 13.0 Å². The van der Waals surface area contributed by atoms with Gasteiger partial charge in [-0.05, 0) is 42.7 Å². The number of aryl methyl sites for hydroxylation is 1. The molecule has 6 nitrogen and oxygen atoms in total. The average Bonchev–Trinajstić information content (AvgIpc) is 3.18. The standard InChI is InChI=1S/C22H23Cl2N5O/c1-28-13-11-26-21(28)19(15-6-8-17(23)9-7-15)27-22(30)16-4-3-12-29(14-16)20-18(24)5-2-10-25-20/h2,5-11,13,16,19H,3-4,12,14H2,1H3,(H,27,30). The van der Waals surface area contributed by atoms with Crippen molar-refractivity contribution in [1.29, 1.82) is 0 Å². The van der Waals surface area contributed by atoms with Gasteiger partial charge in [-0.1, -0.05) is 35.3 Å². The summed E-state index contributed by atoms with van der Waals surface area (Å²) < 4.78 is 1.92. The number of aromatic nitrogens is 3. The highest BCUT2D eigenvalue weighted by molar-refractivity contribution is 6.33. The summed E-state index contributed by atoms with van der Waals surface area (Å²) in [5, 5.41) is 4.46. The van der Waals surface area contributed by atoms with Gasteiger partial charge in [-0.25, -0.2) is 9.97 Å². The van der Waals surface area contributed by atoms with Gasteiger partial charge in [0.1, 0.15) is 17.7 Å². The third-order valence-corrected chi connectivity index (χ3v) is 5.98. The predicted octanol–water partition coefficient (Wildman–Crippen LogP) is 4.24. The Kier molecular flexibility index (Phi) is 6.25. The Hall–Kier alpha value is -2.57. The number of hydrogen-bond donors (Lipinski definition) is 1. The molecule has 2 unspecified atom stereocenters. The van der Waals surface area contributed by atoms with Crippen molar-refractivity contribution in [2.45, 2.75) is 18.9 Å². The molecule has 3 heterocycles. The molecule has 1 aromatic carbocycles. The number of nitrogens with one attached hydrogen (secondary N) is 1. The fourth-order valence-electron chi connectivity index (χ4n) is 3.86. The van der Waals surface area contributed by atoms with Crippen molar-refractivity contribution in [3.8, 4) is 0 Å². The number of carbonyl (C=O) groups is 1. The molecule has 1 saturated heterocycles. The first-order valence-corrected chi connectivity index (χ1v) is 10.7. The Bertz CT molecular complexity index is 1020. The topological polar surface area (TPSA) is 63.1 Å². The van der Waals surface area contributed by atoms with Crippen molar-refractivity contribution < 1.29 is 4.79 Å². The van der Waals surface area contributed by atoms with Crippen molar-refractivity contribution in [2.75, 3.05) is 18.0 Å². The summed E-state index contributed by atoms with van der Waals surface area (Å²) >= 11 is 12.4. The largest absolute Gasteiger partial charge is 0.355 e. The number of pyridine rings is 1. The third kappa shape index (κ3) is 4.45. The Labute approximate surface area is 185 Å². The Morgan fingerprint density at radius 1 is 1.17 bits per heavy atom. The summed E-state index contributed by atoms with van der Waals surface area (Å²) in [5.41, 5.74) is 0.933. The lowest BCUT2D eigenvalue weighted by molar-refractivity contribution is -0.125. The van der Waals surface area contributed by atoms with Crippen LogP contribution in [0, 0.1) is 5.92 Å². The van der Waals surface area contributed by atoms with Gasteiger partial charge in [-0.3, -0.25) is 4.79 Å². The minimum atomic E-state index is -0.358. The Morgan fingerprint density at radius 2 is 1.97 bits per heavy atom. The van der Waals surface area contributed by atoms with Crippen molar-refractivity contribution in [1.82, 2.24) is 19.9 Å². The number of imidazole rings is 1. The van der Waals surface area contributed by atoms with E-state index in [2.05, 4.69) is 20.2 Å². The van der Waals surface area contributed by atoms with Gasteiger partial charge in [-0.15, -0.1) is 0 Å². The molecule has 30 heavy (non-hydrogen) atoms. The Balaban J connectivity index is 1.54. The lowest BCUT2D eigenvalue weighted by Gasteiger charge is -2.34. The van der Waals surface area contributed by atoms with Gasteiger partial charge in [0.2, 0.25) is 5.91 Å². The van der Waals surface area contributed by atoms with Gasteiger partial charge in [0.15, 0.2) is 0 Å². The van der Waals surface area contributed by atoms with E-state index < -0.39 is 0 Å². The molecule has 0 radical (unpaired) electrons. The Morgan fingerprint density at radius 3 is 2.67 bits per heavy atom. The first-order chi connectivity index (χ1) is 14.5. The second kappa shape index (κ2) is 9.06. The highest BCUT2D eigenvalue weighted by Gasteiger charge is 2.30. The van der Waals surface area contributed by atoms with E-state index in [0.29, 0.717) is 16.6 Å². The fourth-order valence-corrected chi connectivity index (χ4v) is 4.23. The molecule has 1 N–H and O–H groups in total. The van der Waals surface area contributed by atoms with Crippen molar-refractivity contribution in [3.63, 3.8) is 0 Å². The highest BCUT2D eigenvalue weighted by atomic mass is 35.5. The van der Waals surface area contributed by atoms with Crippen molar-refractivity contribution >= 4 is 34.9 Å². The van der Waals surface area contributed by atoms with E-state index in [1.165, 1.54) is 0 Å². The van der Waals surface area contributed by atoms with Crippen LogP contribution < -0.4 is 10.2 Å². The predicted molar refractivity (Wildman–Crippen MR) is 119 cm³/mol. The number of hydrogen-bond acceptors (Lipinski definition) is 4. The van der Waals surface area contributed by atoms with Crippen LogP contribution in [0.2, 0.25) is 10.0 Å². The van der Waals surface area contributed by atoms with Gasteiger partial charge >= 0.3 is 0 Å². The number of amides is 1. The first kappa shape index (κ1) is 20.7. The molecule has 0 saturated carbocycles. The molecule has 3 aromatic rings. The molecular formula is C22H23Cl2N5O. The van der Waals surface area contributed by atoms with Gasteiger partial charge in [0.25, 0.3) is 0 Å². The normalized spacial score (nSPS) is 17.6. The molecule has 0 aliphatic carbocycles. The van der Waals surface area contributed by atoms with Gasteiger partial charge in [-0.2, -0.15) is 0 Å². The van der Waals surface area contributed by atoms with Crippen molar-refractivity contribution in [3.05, 3.63) is 76.4 Å². The molecule has 1 amide bonds. The van der Waals surface area contributed by atoms with E-state index in [4.69, 9.17) is 23.2 Å². The van der Waals surface area contributed by atoms with E-state index in [-0.39, 0.29) is 17.9 Å². The highest BCUT2D eigenvalue weighted by Crippen LogP contribution is 2.29. The lowest BCUT2D eigenvalue weighted by Crippen LogP contribution is -2.44. The van der Waals surface area contributed by atoms with Crippen LogP contribution in [-0.4, -0.2) is 33.5 Å². The number of piperidine rings is 1. The number of halogens is 2. The van der Waals surface area contributed by atoms with Crippen LogP contribution in [-0.2, 0) is 11.8 Å². The molecule has 4 rings (SSSR count). The van der Waals surface area contributed by atoms with Gasteiger partial charge in [0.05, 0.1) is 10.9 Å². The molecule has 1 aliphatic heterocycles. The van der Waals surface area contributed by atoms with Crippen LogP contribution in [0.15, 0.2) is 55.0 Å². The van der Waals surface area contributed by atoms with E-state index >= 15 is 0 Å². The summed E-state index contributed by atoms with van der Waals surface area (Å²) in [5.74, 6) is 1.34. The quantitative estimate of drug-likeness (QED) is 0.640. The minimum absolute atomic E-state index is 0.00490. The number of nitrogens with zero attached hydrogens (tertiary/aromatic N) is 4. The lowest BCUT2D eigenvalue weighted by atomic mass is 9.96. The monoisotopic (exact) mass is 443 g/mol. The maximum absolute atomic E-state index is 13.3. The number of rotatable bonds is 5. The molecule has 2 aromatic heterocycles. The maximum Gasteiger partial charge on any atom is 0.225 e. The molecule has 8 heteroatoms. The summed E-state index contributed by atoms with van der Waals surface area (Å²) in [6.07, 6.45) is 7.05. The maximum atomic E-state index is 13.3. The van der Waals surface area contributed by atoms with Crippen LogP contribution in [0.5, 0.6) is 0 Å². The molecule has 156 valence electrons. The fraction of sp³-hybridized carbons (Fsp3) is 0.318. The molecule has 0 bridgehead atoms. The van der Waals surface area contributed by atoms with Crippen LogP contribution in [0.4, 0.5) is 5.82 Å². The van der Waals surface area contributed by atoms with Crippen LogP contribution in [0.1, 0.15) is 30.3 Å². The zero-order valence-electron chi connectivity index (χ0n) is 16.6. The molecule has 1 fully saturated rings. The summed E-state index contributed by atoms with van der Waals surface area (Å²) in [6.45, 7) is 1.41. The zero-order valence-corrected chi connectivity index (χ0v) is 18.1. The summed E-state index contributed by atoms with van der Waals surface area (Å²) in [7, 11) is 1.92. The summed E-state index contributed by atoms with van der Waals surface area (Å²) in [4.78, 5) is 24.2. The van der Waals surface area contributed by atoms with Crippen LogP contribution in [0.25, 0.3) is 0 Å². The van der Waals surface area contributed by atoms with E-state index in [0.717, 1.165) is 36.6 Å². The SMILES string of the molecule is Cn1ccnc1C(NC(=O)C1CCCN(c2ncccc2Cl)C1)c1ccc(Cl)cc1. The second-order valence-corrected chi connectivity index (χ2v) is 8.33. The third-order valence-electron chi connectivity index (χ3n) is 5.44. The molecular weight excluding hydrogens is 421 g/mol. The number of anilines is 1. The number of carbonyl (C=O) groups excluding carboxylic acids is 1. The number of benzene rings is 1. The van der Waals surface area contributed by atoms with E-state index in [1.807, 2.05) is 54.2 Å². The van der Waals surface area contributed by atoms with E-state index in [1.54, 1.807) is 12.4 Å². The van der Waals surface area contributed by atoms with Crippen LogP contribution in [0.3, 0.4) is 0 Å². The molecule has 1 aliphatic rings. The smallest absolute Gasteiger partial charge is 0.225 e.